The third kappa shape index (κ3) is 4.27. The van der Waals surface area contributed by atoms with Crippen LogP contribution in [0.1, 0.15) is 66.7 Å². The van der Waals surface area contributed by atoms with Crippen LogP contribution in [-0.4, -0.2) is 43.5 Å². The van der Waals surface area contributed by atoms with Crippen LogP contribution in [0.25, 0.3) is 0 Å². The van der Waals surface area contributed by atoms with Gasteiger partial charge in [-0.3, -0.25) is 4.79 Å². The molecule has 1 aliphatic heterocycles. The first kappa shape index (κ1) is 20.4. The summed E-state index contributed by atoms with van der Waals surface area (Å²) in [5.74, 6) is 0.168. The Labute approximate surface area is 153 Å². The Morgan fingerprint density at radius 3 is 2.16 bits per heavy atom. The van der Waals surface area contributed by atoms with Crippen molar-refractivity contribution >= 4 is 20.3 Å². The summed E-state index contributed by atoms with van der Waals surface area (Å²) in [5, 5.41) is 0. The van der Waals surface area contributed by atoms with E-state index in [-0.39, 0.29) is 18.1 Å². The molecule has 144 valence electrons. The number of nitrogens with zero attached hydrogens (tertiary/aromatic N) is 1. The number of amides is 2. The number of ether oxygens (including phenoxy) is 1. The molecule has 2 amide bonds. The van der Waals surface area contributed by atoms with E-state index in [9.17, 15) is 9.59 Å². The largest absolute Gasteiger partial charge is 0.446 e. The zero-order valence-electron chi connectivity index (χ0n) is 16.5. The average Bonchev–Trinajstić information content (AvgIpc) is 2.61. The molecule has 2 rings (SSSR count). The van der Waals surface area contributed by atoms with Crippen LogP contribution in [0.3, 0.4) is 0 Å². The normalized spacial score (nSPS) is 25.2. The number of β-lactam (4-membered cyclic amide) rings is 1. The van der Waals surface area contributed by atoms with Crippen LogP contribution < -0.4 is 0 Å². The lowest BCUT2D eigenvalue weighted by Crippen LogP contribution is -2.72. The van der Waals surface area contributed by atoms with Crippen LogP contribution in [0.2, 0.25) is 18.1 Å². The molecule has 0 radical (unpaired) electrons. The molecule has 1 saturated carbocycles. The minimum Gasteiger partial charge on any atom is -0.446 e. The van der Waals surface area contributed by atoms with Crippen LogP contribution in [0, 0.1) is 5.92 Å². The highest BCUT2D eigenvalue weighted by Gasteiger charge is 2.57. The van der Waals surface area contributed by atoms with E-state index in [1.165, 1.54) is 24.2 Å². The molecule has 0 aromatic rings. The van der Waals surface area contributed by atoms with Crippen molar-refractivity contribution in [3.05, 3.63) is 0 Å². The first-order chi connectivity index (χ1) is 11.9. The van der Waals surface area contributed by atoms with Gasteiger partial charge in [-0.1, -0.05) is 40.0 Å². The monoisotopic (exact) mass is 369 g/mol. The van der Waals surface area contributed by atoms with Crippen LogP contribution in [-0.2, 0) is 14.0 Å². The maximum atomic E-state index is 12.8. The number of imide groups is 1. The lowest BCUT2D eigenvalue weighted by molar-refractivity contribution is -0.166. The van der Waals surface area contributed by atoms with Crippen molar-refractivity contribution in [3.8, 4) is 0 Å². The average molecular weight is 370 g/mol. The SMILES string of the molecule is CC[Si](CC)(CC)O[C@@H]1C(=O)N(C(=O)OC(C)C)[C@@H]1C1CCCCC1. The second-order valence-electron chi connectivity index (χ2n) is 7.81. The van der Waals surface area contributed by atoms with Crippen molar-refractivity contribution < 1.29 is 18.8 Å². The van der Waals surface area contributed by atoms with Crippen LogP contribution in [0.15, 0.2) is 0 Å². The predicted octanol–water partition coefficient (Wildman–Crippen LogP) is 4.71. The zero-order valence-corrected chi connectivity index (χ0v) is 17.5. The third-order valence-corrected chi connectivity index (χ3v) is 10.7. The highest BCUT2D eigenvalue weighted by molar-refractivity contribution is 6.73. The van der Waals surface area contributed by atoms with Crippen LogP contribution in [0.5, 0.6) is 0 Å². The maximum Gasteiger partial charge on any atom is 0.417 e. The fourth-order valence-corrected chi connectivity index (χ4v) is 7.06. The Kier molecular flexibility index (Phi) is 7.08. The fraction of sp³-hybridized carbons (Fsp3) is 0.895. The van der Waals surface area contributed by atoms with Gasteiger partial charge in [0.1, 0.15) is 6.10 Å². The first-order valence-electron chi connectivity index (χ1n) is 10.1. The highest BCUT2D eigenvalue weighted by Crippen LogP contribution is 2.40. The van der Waals surface area contributed by atoms with E-state index in [4.69, 9.17) is 9.16 Å². The zero-order chi connectivity index (χ0) is 18.6. The van der Waals surface area contributed by atoms with E-state index < -0.39 is 20.5 Å². The lowest BCUT2D eigenvalue weighted by atomic mass is 9.77. The van der Waals surface area contributed by atoms with Gasteiger partial charge in [0.2, 0.25) is 0 Å². The minimum atomic E-state index is -1.89. The van der Waals surface area contributed by atoms with E-state index in [0.29, 0.717) is 5.92 Å². The smallest absolute Gasteiger partial charge is 0.417 e. The summed E-state index contributed by atoms with van der Waals surface area (Å²) < 4.78 is 11.8. The summed E-state index contributed by atoms with van der Waals surface area (Å²) in [6.07, 6.45) is 4.59. The highest BCUT2D eigenvalue weighted by atomic mass is 28.4. The molecule has 0 aromatic carbocycles. The van der Waals surface area contributed by atoms with Gasteiger partial charge in [-0.25, -0.2) is 9.69 Å². The Bertz CT molecular complexity index is 464. The predicted molar refractivity (Wildman–Crippen MR) is 101 cm³/mol. The van der Waals surface area contributed by atoms with Gasteiger partial charge < -0.3 is 9.16 Å². The molecule has 0 aromatic heterocycles. The van der Waals surface area contributed by atoms with Gasteiger partial charge in [0.05, 0.1) is 12.1 Å². The summed E-state index contributed by atoms with van der Waals surface area (Å²) in [6.45, 7) is 10.1. The van der Waals surface area contributed by atoms with Gasteiger partial charge in [0.25, 0.3) is 5.91 Å². The molecule has 2 fully saturated rings. The fourth-order valence-electron chi connectivity index (χ4n) is 4.28. The van der Waals surface area contributed by atoms with Crippen molar-refractivity contribution in [3.63, 3.8) is 0 Å². The molecule has 25 heavy (non-hydrogen) atoms. The third-order valence-electron chi connectivity index (χ3n) is 6.07. The first-order valence-corrected chi connectivity index (χ1v) is 12.6. The lowest BCUT2D eigenvalue weighted by Gasteiger charge is -2.51. The number of rotatable bonds is 7. The Balaban J connectivity index is 2.19. The van der Waals surface area contributed by atoms with Crippen molar-refractivity contribution in [1.29, 1.82) is 0 Å². The number of carbonyl (C=O) groups is 2. The molecule has 1 aliphatic carbocycles. The Hall–Kier alpha value is -0.883. The summed E-state index contributed by atoms with van der Waals surface area (Å²) in [4.78, 5) is 26.6. The number of hydrogen-bond acceptors (Lipinski definition) is 4. The van der Waals surface area contributed by atoms with Crippen molar-refractivity contribution in [2.75, 3.05) is 0 Å². The molecule has 0 spiro atoms. The van der Waals surface area contributed by atoms with Gasteiger partial charge in [-0.05, 0) is 50.7 Å². The van der Waals surface area contributed by atoms with Crippen molar-refractivity contribution in [2.24, 2.45) is 5.92 Å². The van der Waals surface area contributed by atoms with E-state index in [1.807, 2.05) is 13.8 Å². The molecule has 1 heterocycles. The van der Waals surface area contributed by atoms with Gasteiger partial charge in [-0.15, -0.1) is 0 Å². The molecule has 5 nitrogen and oxygen atoms in total. The topological polar surface area (TPSA) is 55.8 Å². The Morgan fingerprint density at radius 2 is 1.68 bits per heavy atom. The second kappa shape index (κ2) is 8.67. The number of carbonyl (C=O) groups excluding carboxylic acids is 2. The van der Waals surface area contributed by atoms with Crippen LogP contribution >= 0.6 is 0 Å². The van der Waals surface area contributed by atoms with Gasteiger partial charge in [-0.2, -0.15) is 0 Å². The van der Waals surface area contributed by atoms with E-state index in [0.717, 1.165) is 31.0 Å². The van der Waals surface area contributed by atoms with E-state index >= 15 is 0 Å². The number of likely N-dealkylation sites (tertiary alicyclic amines) is 1. The van der Waals surface area contributed by atoms with E-state index in [1.54, 1.807) is 0 Å². The van der Waals surface area contributed by atoms with Crippen molar-refractivity contribution in [2.45, 2.75) is 103 Å². The molecule has 0 unspecified atom stereocenters. The minimum absolute atomic E-state index is 0.129. The second-order valence-corrected chi connectivity index (χ2v) is 12.5. The van der Waals surface area contributed by atoms with Crippen LogP contribution in [0.4, 0.5) is 4.79 Å². The molecule has 0 bridgehead atoms. The maximum absolute atomic E-state index is 12.8. The molecule has 2 atom stereocenters. The summed E-state index contributed by atoms with van der Waals surface area (Å²) >= 11 is 0. The molecular weight excluding hydrogens is 334 g/mol. The molecule has 0 N–H and O–H groups in total. The van der Waals surface area contributed by atoms with Gasteiger partial charge in [0, 0.05) is 0 Å². The standard InChI is InChI=1S/C19H35NO4Si/c1-6-25(7-2,8-3)24-17-16(15-12-10-9-11-13-15)20(18(17)21)19(22)23-14(4)5/h14-17H,6-13H2,1-5H3/t16-,17+/m1/s1. The summed E-state index contributed by atoms with van der Waals surface area (Å²) in [5.41, 5.74) is 0. The van der Waals surface area contributed by atoms with Gasteiger partial charge >= 0.3 is 6.09 Å². The molecule has 2 aliphatic rings. The molecule has 6 heteroatoms. The van der Waals surface area contributed by atoms with E-state index in [2.05, 4.69) is 20.8 Å². The molecule has 1 saturated heterocycles. The summed E-state index contributed by atoms with van der Waals surface area (Å²) in [7, 11) is -1.89. The summed E-state index contributed by atoms with van der Waals surface area (Å²) in [6, 6.07) is 2.91. The molecular formula is C19H35NO4Si. The number of hydrogen-bond donors (Lipinski definition) is 0. The Morgan fingerprint density at radius 1 is 1.12 bits per heavy atom. The van der Waals surface area contributed by atoms with Crippen molar-refractivity contribution in [1.82, 2.24) is 4.90 Å². The quantitative estimate of drug-likeness (QED) is 0.481. The van der Waals surface area contributed by atoms with Gasteiger partial charge in [0.15, 0.2) is 8.32 Å².